The van der Waals surface area contributed by atoms with E-state index in [9.17, 15) is 13.2 Å². The number of benzene rings is 1. The van der Waals surface area contributed by atoms with Crippen LogP contribution in [-0.2, 0) is 12.6 Å². The van der Waals surface area contributed by atoms with Crippen LogP contribution in [0.4, 0.5) is 13.2 Å². The molecule has 1 heterocycles. The van der Waals surface area contributed by atoms with Crippen LogP contribution in [0.3, 0.4) is 0 Å². The maximum absolute atomic E-state index is 12.9. The Kier molecular flexibility index (Phi) is 4.66. The number of alkyl halides is 3. The van der Waals surface area contributed by atoms with Crippen molar-refractivity contribution in [3.63, 3.8) is 0 Å². The van der Waals surface area contributed by atoms with E-state index in [1.54, 1.807) is 12.3 Å². The number of aryl methyl sites for hydroxylation is 1. The van der Waals surface area contributed by atoms with Gasteiger partial charge in [0.1, 0.15) is 0 Å². The quantitative estimate of drug-likeness (QED) is 0.641. The van der Waals surface area contributed by atoms with Gasteiger partial charge in [0, 0.05) is 12.0 Å². The van der Waals surface area contributed by atoms with E-state index in [2.05, 4.69) is 15.3 Å². The zero-order valence-corrected chi connectivity index (χ0v) is 12.2. The van der Waals surface area contributed by atoms with Crippen molar-refractivity contribution in [2.24, 2.45) is 5.10 Å². The molecular weight excluding hydrogens is 301 g/mol. The van der Waals surface area contributed by atoms with Gasteiger partial charge in [0.15, 0.2) is 5.82 Å². The monoisotopic (exact) mass is 314 g/mol. The smallest absolute Gasteiger partial charge is 0.192 e. The molecule has 1 aromatic carbocycles. The van der Waals surface area contributed by atoms with Gasteiger partial charge in [0.05, 0.1) is 11.8 Å². The van der Waals surface area contributed by atoms with Crippen molar-refractivity contribution in [1.29, 1.82) is 0 Å². The molecule has 0 saturated carbocycles. The van der Waals surface area contributed by atoms with Crippen LogP contribution in [0.15, 0.2) is 34.5 Å². The molecule has 0 aliphatic carbocycles. The normalized spacial score (nSPS) is 12.2. The Balaban J connectivity index is 2.41. The summed E-state index contributed by atoms with van der Waals surface area (Å²) < 4.78 is 40.2. The predicted octanol–water partition coefficient (Wildman–Crippen LogP) is 3.46. The number of halogens is 3. The summed E-state index contributed by atoms with van der Waals surface area (Å²) in [5, 5.41) is 12.5. The standard InChI is InChI=1S/C13H13F3N4S/c1-3-11-18-19-12(21-2)20(11)17-8-9-6-4-5-7-10(9)13(14,15)16/h4-8H,3H2,1-2H3/b17-8-. The Morgan fingerprint density at radius 1 is 1.29 bits per heavy atom. The lowest BCUT2D eigenvalue weighted by molar-refractivity contribution is -0.137. The Hall–Kier alpha value is -1.83. The van der Waals surface area contributed by atoms with E-state index in [4.69, 9.17) is 0 Å². The first-order valence-corrected chi connectivity index (χ1v) is 7.38. The number of thioether (sulfide) groups is 1. The topological polar surface area (TPSA) is 43.1 Å². The Labute approximate surface area is 124 Å². The van der Waals surface area contributed by atoms with E-state index >= 15 is 0 Å². The summed E-state index contributed by atoms with van der Waals surface area (Å²) in [6.45, 7) is 1.88. The number of hydrogen-bond donors (Lipinski definition) is 0. The lowest BCUT2D eigenvalue weighted by Gasteiger charge is -2.09. The summed E-state index contributed by atoms with van der Waals surface area (Å²) in [4.78, 5) is 0. The van der Waals surface area contributed by atoms with Crippen molar-refractivity contribution in [2.75, 3.05) is 6.26 Å². The molecule has 2 aromatic rings. The molecule has 2 rings (SSSR count). The van der Waals surface area contributed by atoms with Crippen LogP contribution >= 0.6 is 11.8 Å². The lowest BCUT2D eigenvalue weighted by Crippen LogP contribution is -2.09. The van der Waals surface area contributed by atoms with Crippen molar-refractivity contribution >= 4 is 18.0 Å². The fraction of sp³-hybridized carbons (Fsp3) is 0.308. The highest BCUT2D eigenvalue weighted by atomic mass is 32.2. The molecule has 0 spiro atoms. The zero-order chi connectivity index (χ0) is 15.5. The Bertz CT molecular complexity index is 628. The van der Waals surface area contributed by atoms with Crippen LogP contribution in [0.2, 0.25) is 0 Å². The van der Waals surface area contributed by atoms with Gasteiger partial charge >= 0.3 is 6.18 Å². The van der Waals surface area contributed by atoms with E-state index in [1.807, 2.05) is 6.92 Å². The van der Waals surface area contributed by atoms with Gasteiger partial charge in [-0.15, -0.1) is 10.2 Å². The molecule has 112 valence electrons. The van der Waals surface area contributed by atoms with Gasteiger partial charge in [0.2, 0.25) is 5.16 Å². The van der Waals surface area contributed by atoms with Crippen molar-refractivity contribution in [3.8, 4) is 0 Å². The summed E-state index contributed by atoms with van der Waals surface area (Å²) in [6, 6.07) is 5.30. The van der Waals surface area contributed by atoms with Crippen LogP contribution in [0.25, 0.3) is 0 Å². The first-order valence-electron chi connectivity index (χ1n) is 6.16. The highest BCUT2D eigenvalue weighted by Gasteiger charge is 2.32. The predicted molar refractivity (Wildman–Crippen MR) is 75.6 cm³/mol. The maximum atomic E-state index is 12.9. The second kappa shape index (κ2) is 6.30. The fourth-order valence-electron chi connectivity index (χ4n) is 1.75. The number of rotatable bonds is 4. The summed E-state index contributed by atoms with van der Waals surface area (Å²) in [7, 11) is 0. The summed E-state index contributed by atoms with van der Waals surface area (Å²) in [5.41, 5.74) is -0.710. The molecule has 0 atom stereocenters. The molecule has 0 N–H and O–H groups in total. The summed E-state index contributed by atoms with van der Waals surface area (Å²) >= 11 is 1.33. The van der Waals surface area contributed by atoms with Crippen molar-refractivity contribution < 1.29 is 13.2 Å². The fourth-order valence-corrected chi connectivity index (χ4v) is 2.20. The average Bonchev–Trinajstić information content (AvgIpc) is 2.86. The molecular formula is C13H13F3N4S. The van der Waals surface area contributed by atoms with Crippen LogP contribution in [-0.4, -0.2) is 27.3 Å². The van der Waals surface area contributed by atoms with E-state index in [0.717, 1.165) is 6.07 Å². The minimum atomic E-state index is -4.41. The van der Waals surface area contributed by atoms with Gasteiger partial charge in [0.25, 0.3) is 0 Å². The molecule has 0 aliphatic rings. The van der Waals surface area contributed by atoms with Crippen LogP contribution in [0.5, 0.6) is 0 Å². The summed E-state index contributed by atoms with van der Waals surface area (Å²) in [6.07, 6.45) is -0.832. The molecule has 0 amide bonds. The van der Waals surface area contributed by atoms with Gasteiger partial charge in [-0.25, -0.2) is 0 Å². The van der Waals surface area contributed by atoms with Crippen LogP contribution < -0.4 is 0 Å². The van der Waals surface area contributed by atoms with Gasteiger partial charge in [-0.2, -0.15) is 22.9 Å². The largest absolute Gasteiger partial charge is 0.417 e. The molecule has 0 radical (unpaired) electrons. The molecule has 1 aromatic heterocycles. The third-order valence-electron chi connectivity index (χ3n) is 2.75. The summed E-state index contributed by atoms with van der Waals surface area (Å²) in [5.74, 6) is 0.597. The van der Waals surface area contributed by atoms with Crippen LogP contribution in [0, 0.1) is 0 Å². The number of nitrogens with zero attached hydrogens (tertiary/aromatic N) is 4. The molecule has 8 heteroatoms. The van der Waals surface area contributed by atoms with E-state index in [-0.39, 0.29) is 5.56 Å². The van der Waals surface area contributed by atoms with Crippen molar-refractivity contribution in [1.82, 2.24) is 14.9 Å². The first kappa shape index (κ1) is 15.6. The third-order valence-corrected chi connectivity index (χ3v) is 3.37. The van der Waals surface area contributed by atoms with E-state index < -0.39 is 11.7 Å². The average molecular weight is 314 g/mol. The molecule has 21 heavy (non-hydrogen) atoms. The third kappa shape index (κ3) is 3.44. The second-order valence-corrected chi connectivity index (χ2v) is 4.87. The van der Waals surface area contributed by atoms with E-state index in [1.165, 1.54) is 34.8 Å². The molecule has 0 saturated heterocycles. The highest BCUT2D eigenvalue weighted by molar-refractivity contribution is 7.98. The van der Waals surface area contributed by atoms with Crippen LogP contribution in [0.1, 0.15) is 23.9 Å². The van der Waals surface area contributed by atoms with Crippen molar-refractivity contribution in [3.05, 3.63) is 41.2 Å². The van der Waals surface area contributed by atoms with Gasteiger partial charge in [-0.3, -0.25) is 0 Å². The zero-order valence-electron chi connectivity index (χ0n) is 11.4. The minimum Gasteiger partial charge on any atom is -0.192 e. The number of aromatic nitrogens is 3. The van der Waals surface area contributed by atoms with Gasteiger partial charge in [-0.05, 0) is 12.3 Å². The lowest BCUT2D eigenvalue weighted by atomic mass is 10.1. The SMILES string of the molecule is CCc1nnc(SC)n1/N=C\c1ccccc1C(F)(F)F. The van der Waals surface area contributed by atoms with Gasteiger partial charge in [-0.1, -0.05) is 36.9 Å². The van der Waals surface area contributed by atoms with Gasteiger partial charge < -0.3 is 0 Å². The van der Waals surface area contributed by atoms with Crippen molar-refractivity contribution in [2.45, 2.75) is 24.7 Å². The second-order valence-electron chi connectivity index (χ2n) is 4.10. The van der Waals surface area contributed by atoms with E-state index in [0.29, 0.717) is 17.4 Å². The molecule has 0 aliphatic heterocycles. The molecule has 0 bridgehead atoms. The molecule has 0 fully saturated rings. The number of hydrogen-bond acceptors (Lipinski definition) is 4. The maximum Gasteiger partial charge on any atom is 0.417 e. The highest BCUT2D eigenvalue weighted by Crippen LogP contribution is 2.31. The first-order chi connectivity index (χ1) is 9.97. The molecule has 4 nitrogen and oxygen atoms in total. The molecule has 0 unspecified atom stereocenters. The Morgan fingerprint density at radius 2 is 2.00 bits per heavy atom. The Morgan fingerprint density at radius 3 is 2.62 bits per heavy atom. The minimum absolute atomic E-state index is 0.00723.